The minimum atomic E-state index is 0.0278. The molecule has 0 saturated heterocycles. The van der Waals surface area contributed by atoms with E-state index in [2.05, 4.69) is 29.4 Å². The number of carbonyl (C=O) groups excluding carboxylic acids is 1. The minimum Gasteiger partial charge on any atom is -0.330 e. The fourth-order valence-corrected chi connectivity index (χ4v) is 2.67. The Kier molecular flexibility index (Phi) is 7.59. The molecule has 0 spiro atoms. The van der Waals surface area contributed by atoms with Gasteiger partial charge in [-0.25, -0.2) is 0 Å². The Bertz CT molecular complexity index is 378. The van der Waals surface area contributed by atoms with Gasteiger partial charge in [-0.2, -0.15) is 0 Å². The molecule has 0 bridgehead atoms. The van der Waals surface area contributed by atoms with E-state index in [1.54, 1.807) is 0 Å². The third kappa shape index (κ3) is 7.22. The van der Waals surface area contributed by atoms with E-state index in [4.69, 9.17) is 5.73 Å². The summed E-state index contributed by atoms with van der Waals surface area (Å²) in [5.41, 5.74) is 5.42. The molecule has 0 aromatic carbocycles. The molecule has 1 heterocycles. The van der Waals surface area contributed by atoms with E-state index in [0.29, 0.717) is 17.5 Å². The van der Waals surface area contributed by atoms with Crippen molar-refractivity contribution in [3.63, 3.8) is 0 Å². The lowest BCUT2D eigenvalue weighted by atomic mass is 10.1. The van der Waals surface area contributed by atoms with Crippen molar-refractivity contribution in [2.45, 2.75) is 52.4 Å². The number of aromatic nitrogens is 2. The second kappa shape index (κ2) is 8.98. The van der Waals surface area contributed by atoms with Crippen LogP contribution in [0, 0.1) is 5.92 Å². The third-order valence-electron chi connectivity index (χ3n) is 2.65. The monoisotopic (exact) mass is 284 g/mol. The van der Waals surface area contributed by atoms with Gasteiger partial charge in [0.15, 0.2) is 0 Å². The molecule has 0 aliphatic rings. The van der Waals surface area contributed by atoms with E-state index in [1.165, 1.54) is 11.3 Å². The van der Waals surface area contributed by atoms with Crippen LogP contribution < -0.4 is 11.1 Å². The van der Waals surface area contributed by atoms with Gasteiger partial charge in [0.2, 0.25) is 11.0 Å². The van der Waals surface area contributed by atoms with Gasteiger partial charge in [-0.15, -0.1) is 10.2 Å². The molecule has 6 heteroatoms. The first-order chi connectivity index (χ1) is 9.11. The Morgan fingerprint density at radius 3 is 2.68 bits per heavy atom. The number of anilines is 1. The molecule has 0 unspecified atom stereocenters. The molecule has 108 valence electrons. The van der Waals surface area contributed by atoms with Gasteiger partial charge in [0.25, 0.3) is 0 Å². The summed E-state index contributed by atoms with van der Waals surface area (Å²) in [5.74, 6) is 0.582. The van der Waals surface area contributed by atoms with E-state index in [9.17, 15) is 4.79 Å². The smallest absolute Gasteiger partial charge is 0.226 e. The van der Waals surface area contributed by atoms with E-state index >= 15 is 0 Å². The Hall–Kier alpha value is -1.01. The molecule has 0 aliphatic carbocycles. The number of nitrogens with zero attached hydrogens (tertiary/aromatic N) is 2. The number of amides is 1. The average Bonchev–Trinajstić information content (AvgIpc) is 2.75. The van der Waals surface area contributed by atoms with Gasteiger partial charge in [0, 0.05) is 12.8 Å². The predicted molar refractivity (Wildman–Crippen MR) is 79.2 cm³/mol. The van der Waals surface area contributed by atoms with Crippen molar-refractivity contribution in [2.24, 2.45) is 11.7 Å². The summed E-state index contributed by atoms with van der Waals surface area (Å²) in [4.78, 5) is 11.7. The molecule has 3 N–H and O–H groups in total. The van der Waals surface area contributed by atoms with Crippen LogP contribution in [0.3, 0.4) is 0 Å². The summed E-state index contributed by atoms with van der Waals surface area (Å²) in [7, 11) is 0. The molecule has 0 radical (unpaired) electrons. The number of carbonyl (C=O) groups is 1. The van der Waals surface area contributed by atoms with Crippen LogP contribution >= 0.6 is 11.3 Å². The second-order valence-corrected chi connectivity index (χ2v) is 6.16. The highest BCUT2D eigenvalue weighted by Crippen LogP contribution is 2.18. The first kappa shape index (κ1) is 16.0. The minimum absolute atomic E-state index is 0.0278. The van der Waals surface area contributed by atoms with Gasteiger partial charge in [-0.3, -0.25) is 4.79 Å². The number of hydrogen-bond acceptors (Lipinski definition) is 5. The first-order valence-corrected chi connectivity index (χ1v) is 7.75. The van der Waals surface area contributed by atoms with Crippen molar-refractivity contribution >= 4 is 22.4 Å². The Labute approximate surface area is 119 Å². The lowest BCUT2D eigenvalue weighted by Gasteiger charge is -2.01. The van der Waals surface area contributed by atoms with Crippen molar-refractivity contribution < 1.29 is 4.79 Å². The molecule has 5 nitrogen and oxygen atoms in total. The highest BCUT2D eigenvalue weighted by Gasteiger charge is 2.09. The summed E-state index contributed by atoms with van der Waals surface area (Å²) in [6.45, 7) is 5.01. The zero-order valence-corrected chi connectivity index (χ0v) is 12.6. The van der Waals surface area contributed by atoms with Crippen molar-refractivity contribution in [3.05, 3.63) is 5.01 Å². The lowest BCUT2D eigenvalue weighted by Crippen LogP contribution is -2.10. The molecule has 0 saturated carbocycles. The summed E-state index contributed by atoms with van der Waals surface area (Å²) >= 11 is 1.47. The quantitative estimate of drug-likeness (QED) is 0.683. The number of hydrogen-bond donors (Lipinski definition) is 2. The third-order valence-corrected chi connectivity index (χ3v) is 3.52. The summed E-state index contributed by atoms with van der Waals surface area (Å²) in [6.07, 6.45) is 5.55. The average molecular weight is 284 g/mol. The van der Waals surface area contributed by atoms with Crippen LogP contribution in [0.5, 0.6) is 0 Å². The van der Waals surface area contributed by atoms with Crippen LogP contribution in [-0.2, 0) is 11.2 Å². The van der Waals surface area contributed by atoms with Gasteiger partial charge < -0.3 is 11.1 Å². The molecular formula is C13H24N4OS. The number of unbranched alkanes of at least 4 members (excludes halogenated alkanes) is 3. The van der Waals surface area contributed by atoms with Gasteiger partial charge in [0.1, 0.15) is 5.01 Å². The molecule has 1 rings (SSSR count). The molecule has 1 aromatic rings. The summed E-state index contributed by atoms with van der Waals surface area (Å²) in [6, 6.07) is 0. The SMILES string of the molecule is CC(C)Cc1nnc(NC(=O)CCCCCCN)s1. The van der Waals surface area contributed by atoms with Crippen molar-refractivity contribution in [2.75, 3.05) is 11.9 Å². The van der Waals surface area contributed by atoms with Crippen LogP contribution in [0.4, 0.5) is 5.13 Å². The maximum atomic E-state index is 11.7. The van der Waals surface area contributed by atoms with Gasteiger partial charge in [0.05, 0.1) is 0 Å². The van der Waals surface area contributed by atoms with E-state index < -0.39 is 0 Å². The zero-order chi connectivity index (χ0) is 14.1. The first-order valence-electron chi connectivity index (χ1n) is 6.94. The molecule has 0 aliphatic heterocycles. The highest BCUT2D eigenvalue weighted by molar-refractivity contribution is 7.15. The molecule has 0 fully saturated rings. The maximum absolute atomic E-state index is 11.7. The Morgan fingerprint density at radius 1 is 1.26 bits per heavy atom. The number of nitrogens with two attached hydrogens (primary N) is 1. The van der Waals surface area contributed by atoms with Gasteiger partial charge in [-0.1, -0.05) is 38.0 Å². The van der Waals surface area contributed by atoms with Gasteiger partial charge >= 0.3 is 0 Å². The predicted octanol–water partition coefficient (Wildman–Crippen LogP) is 2.58. The van der Waals surface area contributed by atoms with E-state index in [1.807, 2.05) is 0 Å². The number of rotatable bonds is 9. The molecule has 1 amide bonds. The lowest BCUT2D eigenvalue weighted by molar-refractivity contribution is -0.116. The Morgan fingerprint density at radius 2 is 2.00 bits per heavy atom. The fourth-order valence-electron chi connectivity index (χ4n) is 1.70. The number of nitrogens with one attached hydrogen (secondary N) is 1. The maximum Gasteiger partial charge on any atom is 0.226 e. The largest absolute Gasteiger partial charge is 0.330 e. The molecule has 19 heavy (non-hydrogen) atoms. The summed E-state index contributed by atoms with van der Waals surface area (Å²) in [5, 5.41) is 12.5. The molecular weight excluding hydrogens is 260 g/mol. The standard InChI is InChI=1S/C13H24N4OS/c1-10(2)9-12-16-17-13(19-12)15-11(18)7-5-3-4-6-8-14/h10H,3-9,14H2,1-2H3,(H,15,17,18). The Balaban J connectivity index is 2.22. The topological polar surface area (TPSA) is 80.9 Å². The van der Waals surface area contributed by atoms with Crippen molar-refractivity contribution in [1.29, 1.82) is 0 Å². The van der Waals surface area contributed by atoms with Gasteiger partial charge in [-0.05, 0) is 25.3 Å². The van der Waals surface area contributed by atoms with Crippen molar-refractivity contribution in [1.82, 2.24) is 10.2 Å². The van der Waals surface area contributed by atoms with E-state index in [-0.39, 0.29) is 5.91 Å². The summed E-state index contributed by atoms with van der Waals surface area (Å²) < 4.78 is 0. The van der Waals surface area contributed by atoms with E-state index in [0.717, 1.165) is 43.7 Å². The van der Waals surface area contributed by atoms with Crippen LogP contribution in [-0.4, -0.2) is 22.6 Å². The fraction of sp³-hybridized carbons (Fsp3) is 0.769. The van der Waals surface area contributed by atoms with Crippen LogP contribution in [0.1, 0.15) is 51.0 Å². The zero-order valence-electron chi connectivity index (χ0n) is 11.8. The van der Waals surface area contributed by atoms with Crippen LogP contribution in [0.15, 0.2) is 0 Å². The highest BCUT2D eigenvalue weighted by atomic mass is 32.1. The van der Waals surface area contributed by atoms with Crippen LogP contribution in [0.25, 0.3) is 0 Å². The molecule has 1 aromatic heterocycles. The van der Waals surface area contributed by atoms with Crippen molar-refractivity contribution in [3.8, 4) is 0 Å². The van der Waals surface area contributed by atoms with Crippen LogP contribution in [0.2, 0.25) is 0 Å². The second-order valence-electron chi connectivity index (χ2n) is 5.10. The molecule has 0 atom stereocenters. The normalized spacial score (nSPS) is 10.9.